The summed E-state index contributed by atoms with van der Waals surface area (Å²) in [5.74, 6) is 0.702. The number of hydrogen-bond acceptors (Lipinski definition) is 2. The lowest BCUT2D eigenvalue weighted by Gasteiger charge is -2.09. The fourth-order valence-electron chi connectivity index (χ4n) is 2.21. The monoisotopic (exact) mass is 359 g/mol. The molecule has 0 fully saturated rings. The molecule has 0 atom stereocenters. The molecule has 1 N–H and O–H groups in total. The molecule has 0 saturated heterocycles. The standard InChI is InChI=1S/C17H15BrFN3/c1-11-3-4-13(9-16(11)19)12-5-7-14(8-6-12)21-17-15(18)10-20-22(17)2/h3-10,21H,1-2H3. The average Bonchev–Trinajstić information content (AvgIpc) is 2.83. The van der Waals surface area contributed by atoms with E-state index >= 15 is 0 Å². The molecule has 0 saturated carbocycles. The largest absolute Gasteiger partial charge is 0.340 e. The van der Waals surface area contributed by atoms with Crippen molar-refractivity contribution >= 4 is 27.4 Å². The van der Waals surface area contributed by atoms with Crippen LogP contribution >= 0.6 is 15.9 Å². The third-order valence-electron chi connectivity index (χ3n) is 3.55. The van der Waals surface area contributed by atoms with E-state index in [9.17, 15) is 4.39 Å². The highest BCUT2D eigenvalue weighted by Gasteiger charge is 2.06. The van der Waals surface area contributed by atoms with Crippen LogP contribution in [0, 0.1) is 12.7 Å². The average molecular weight is 360 g/mol. The molecule has 3 aromatic rings. The summed E-state index contributed by atoms with van der Waals surface area (Å²) in [5, 5.41) is 7.46. The van der Waals surface area contributed by atoms with Crippen molar-refractivity contribution in [3.8, 4) is 11.1 Å². The minimum atomic E-state index is -0.182. The van der Waals surface area contributed by atoms with E-state index < -0.39 is 0 Å². The Hall–Kier alpha value is -2.14. The van der Waals surface area contributed by atoms with Crippen molar-refractivity contribution in [3.05, 3.63) is 64.5 Å². The van der Waals surface area contributed by atoms with Gasteiger partial charge in [0.25, 0.3) is 0 Å². The Balaban J connectivity index is 1.85. The molecule has 0 radical (unpaired) electrons. The van der Waals surface area contributed by atoms with E-state index in [4.69, 9.17) is 0 Å². The van der Waals surface area contributed by atoms with Gasteiger partial charge in [0.2, 0.25) is 0 Å². The highest BCUT2D eigenvalue weighted by Crippen LogP contribution is 2.27. The Morgan fingerprint density at radius 1 is 1.09 bits per heavy atom. The van der Waals surface area contributed by atoms with Crippen LogP contribution in [-0.4, -0.2) is 9.78 Å². The van der Waals surface area contributed by atoms with E-state index in [-0.39, 0.29) is 5.82 Å². The predicted octanol–water partition coefficient (Wildman–Crippen LogP) is 5.04. The molecular weight excluding hydrogens is 345 g/mol. The summed E-state index contributed by atoms with van der Waals surface area (Å²) in [5.41, 5.74) is 3.45. The lowest BCUT2D eigenvalue weighted by molar-refractivity contribution is 0.619. The molecule has 0 spiro atoms. The Labute approximate surface area is 136 Å². The van der Waals surface area contributed by atoms with Crippen LogP contribution in [0.5, 0.6) is 0 Å². The second-order valence-electron chi connectivity index (χ2n) is 5.13. The number of nitrogens with zero attached hydrogens (tertiary/aromatic N) is 2. The van der Waals surface area contributed by atoms with Crippen molar-refractivity contribution in [2.75, 3.05) is 5.32 Å². The quantitative estimate of drug-likeness (QED) is 0.709. The van der Waals surface area contributed by atoms with Crippen LogP contribution in [0.2, 0.25) is 0 Å². The lowest BCUT2D eigenvalue weighted by Crippen LogP contribution is -1.99. The number of anilines is 2. The van der Waals surface area contributed by atoms with Gasteiger partial charge in [0.15, 0.2) is 0 Å². The molecule has 3 nitrogen and oxygen atoms in total. The van der Waals surface area contributed by atoms with Gasteiger partial charge >= 0.3 is 0 Å². The van der Waals surface area contributed by atoms with Gasteiger partial charge in [-0.2, -0.15) is 5.10 Å². The first-order chi connectivity index (χ1) is 10.5. The molecule has 1 aromatic heterocycles. The zero-order chi connectivity index (χ0) is 15.7. The van der Waals surface area contributed by atoms with Gasteiger partial charge in [-0.15, -0.1) is 0 Å². The highest BCUT2D eigenvalue weighted by atomic mass is 79.9. The van der Waals surface area contributed by atoms with Gasteiger partial charge in [-0.1, -0.05) is 24.3 Å². The van der Waals surface area contributed by atoms with Crippen LogP contribution in [0.25, 0.3) is 11.1 Å². The molecule has 3 rings (SSSR count). The summed E-state index contributed by atoms with van der Waals surface area (Å²) in [6.45, 7) is 1.76. The Bertz CT molecular complexity index is 790. The first-order valence-electron chi connectivity index (χ1n) is 6.86. The van der Waals surface area contributed by atoms with E-state index in [0.29, 0.717) is 5.56 Å². The molecule has 22 heavy (non-hydrogen) atoms. The number of benzene rings is 2. The topological polar surface area (TPSA) is 29.9 Å². The lowest BCUT2D eigenvalue weighted by atomic mass is 10.0. The van der Waals surface area contributed by atoms with Gasteiger partial charge in [0, 0.05) is 12.7 Å². The second kappa shape index (κ2) is 5.93. The fraction of sp³-hybridized carbons (Fsp3) is 0.118. The number of hydrogen-bond donors (Lipinski definition) is 1. The Morgan fingerprint density at radius 2 is 1.77 bits per heavy atom. The number of rotatable bonds is 3. The van der Waals surface area contributed by atoms with E-state index in [1.54, 1.807) is 29.9 Å². The van der Waals surface area contributed by atoms with Crippen molar-refractivity contribution in [2.24, 2.45) is 7.05 Å². The first kappa shape index (κ1) is 14.8. The van der Waals surface area contributed by atoms with E-state index in [2.05, 4.69) is 26.3 Å². The van der Waals surface area contributed by atoms with Gasteiger partial charge in [0.05, 0.1) is 10.7 Å². The van der Waals surface area contributed by atoms with Gasteiger partial charge in [-0.3, -0.25) is 4.68 Å². The number of nitrogens with one attached hydrogen (secondary N) is 1. The molecule has 112 valence electrons. The van der Waals surface area contributed by atoms with Crippen molar-refractivity contribution in [1.82, 2.24) is 9.78 Å². The smallest absolute Gasteiger partial charge is 0.142 e. The molecule has 0 unspecified atom stereocenters. The van der Waals surface area contributed by atoms with E-state index in [0.717, 1.165) is 27.1 Å². The fourth-order valence-corrected chi connectivity index (χ4v) is 2.65. The molecule has 5 heteroatoms. The SMILES string of the molecule is Cc1ccc(-c2ccc(Nc3c(Br)cnn3C)cc2)cc1F. The second-order valence-corrected chi connectivity index (χ2v) is 5.99. The third kappa shape index (κ3) is 2.90. The maximum absolute atomic E-state index is 13.7. The zero-order valence-corrected chi connectivity index (χ0v) is 13.9. The minimum Gasteiger partial charge on any atom is -0.340 e. The number of halogens is 2. The minimum absolute atomic E-state index is 0.182. The predicted molar refractivity (Wildman–Crippen MR) is 90.8 cm³/mol. The van der Waals surface area contributed by atoms with Crippen LogP contribution < -0.4 is 5.32 Å². The van der Waals surface area contributed by atoms with E-state index in [1.807, 2.05) is 37.4 Å². The molecule has 2 aromatic carbocycles. The molecule has 0 aliphatic heterocycles. The van der Waals surface area contributed by atoms with Gasteiger partial charge in [-0.25, -0.2) is 4.39 Å². The molecule has 0 aliphatic carbocycles. The van der Waals surface area contributed by atoms with Gasteiger partial charge in [0.1, 0.15) is 11.6 Å². The maximum Gasteiger partial charge on any atom is 0.142 e. The van der Waals surface area contributed by atoms with Crippen LogP contribution in [0.4, 0.5) is 15.9 Å². The van der Waals surface area contributed by atoms with Crippen LogP contribution in [-0.2, 0) is 7.05 Å². The summed E-state index contributed by atoms with van der Waals surface area (Å²) >= 11 is 3.45. The third-order valence-corrected chi connectivity index (χ3v) is 4.13. The highest BCUT2D eigenvalue weighted by molar-refractivity contribution is 9.10. The molecule has 0 amide bonds. The summed E-state index contributed by atoms with van der Waals surface area (Å²) in [4.78, 5) is 0. The Morgan fingerprint density at radius 3 is 2.36 bits per heavy atom. The molecule has 0 bridgehead atoms. The zero-order valence-electron chi connectivity index (χ0n) is 12.3. The molecule has 0 aliphatic rings. The van der Waals surface area contributed by atoms with Crippen molar-refractivity contribution in [1.29, 1.82) is 0 Å². The summed E-state index contributed by atoms with van der Waals surface area (Å²) in [6, 6.07) is 13.2. The van der Waals surface area contributed by atoms with Crippen molar-refractivity contribution in [2.45, 2.75) is 6.92 Å². The maximum atomic E-state index is 13.7. The Kier molecular flexibility index (Phi) is 3.98. The van der Waals surface area contributed by atoms with Crippen LogP contribution in [0.15, 0.2) is 53.1 Å². The molecular formula is C17H15BrFN3. The number of aromatic nitrogens is 2. The van der Waals surface area contributed by atoms with Crippen LogP contribution in [0.1, 0.15) is 5.56 Å². The first-order valence-corrected chi connectivity index (χ1v) is 7.65. The number of aryl methyl sites for hydroxylation is 2. The van der Waals surface area contributed by atoms with Crippen molar-refractivity contribution < 1.29 is 4.39 Å². The van der Waals surface area contributed by atoms with Gasteiger partial charge < -0.3 is 5.32 Å². The van der Waals surface area contributed by atoms with E-state index in [1.165, 1.54) is 0 Å². The summed E-state index contributed by atoms with van der Waals surface area (Å²) < 4.78 is 16.3. The summed E-state index contributed by atoms with van der Waals surface area (Å²) in [6.07, 6.45) is 1.74. The van der Waals surface area contributed by atoms with Crippen LogP contribution in [0.3, 0.4) is 0 Å². The molecule has 1 heterocycles. The van der Waals surface area contributed by atoms with Gasteiger partial charge in [-0.05, 0) is 57.7 Å². The van der Waals surface area contributed by atoms with Crippen molar-refractivity contribution in [3.63, 3.8) is 0 Å². The summed E-state index contributed by atoms with van der Waals surface area (Å²) in [7, 11) is 1.87. The normalized spacial score (nSPS) is 10.7.